The molecule has 0 spiro atoms. The van der Waals surface area contributed by atoms with Crippen LogP contribution in [0.25, 0.3) is 0 Å². The molecule has 55 heavy (non-hydrogen) atoms. The molecular formula is C48H75O6P. The lowest BCUT2D eigenvalue weighted by atomic mass is 9.94. The Balaban J connectivity index is 1.82. The van der Waals surface area contributed by atoms with Crippen molar-refractivity contribution in [3.8, 4) is 34.5 Å². The summed E-state index contributed by atoms with van der Waals surface area (Å²) in [6.07, 6.45) is 25.4. The van der Waals surface area contributed by atoms with Gasteiger partial charge in [-0.05, 0) is 90.1 Å². The maximum absolute atomic E-state index is 10.8. The van der Waals surface area contributed by atoms with Crippen LogP contribution in [0.1, 0.15) is 211 Å². The van der Waals surface area contributed by atoms with Crippen LogP contribution in [0.4, 0.5) is 0 Å². The summed E-state index contributed by atoms with van der Waals surface area (Å²) in [5, 5.41) is 32.4. The van der Waals surface area contributed by atoms with Gasteiger partial charge in [0.05, 0.1) is 0 Å². The van der Waals surface area contributed by atoms with Gasteiger partial charge in [0.25, 0.3) is 0 Å². The molecule has 0 aliphatic carbocycles. The zero-order chi connectivity index (χ0) is 39.8. The highest BCUT2D eigenvalue weighted by Crippen LogP contribution is 2.46. The minimum Gasteiger partial charge on any atom is -0.508 e. The van der Waals surface area contributed by atoms with Gasteiger partial charge in [-0.25, -0.2) is 0 Å². The van der Waals surface area contributed by atoms with Gasteiger partial charge in [-0.15, -0.1) is 0 Å². The Morgan fingerprint density at radius 3 is 0.909 bits per heavy atom. The summed E-state index contributed by atoms with van der Waals surface area (Å²) in [7, 11) is -2.11. The maximum atomic E-state index is 10.8. The quantitative estimate of drug-likeness (QED) is 0.0461. The lowest BCUT2D eigenvalue weighted by Gasteiger charge is -2.21. The van der Waals surface area contributed by atoms with Gasteiger partial charge in [0.2, 0.25) is 0 Å². The van der Waals surface area contributed by atoms with Crippen LogP contribution in [-0.4, -0.2) is 15.3 Å². The number of hydrogen-bond acceptors (Lipinski definition) is 6. The van der Waals surface area contributed by atoms with Gasteiger partial charge < -0.3 is 28.9 Å². The van der Waals surface area contributed by atoms with E-state index in [1.54, 1.807) is 18.2 Å². The first-order chi connectivity index (χ1) is 26.6. The lowest BCUT2D eigenvalue weighted by Crippen LogP contribution is -2.04. The molecule has 0 aliphatic rings. The fourth-order valence-corrected chi connectivity index (χ4v) is 8.28. The van der Waals surface area contributed by atoms with Gasteiger partial charge in [0, 0.05) is 18.2 Å². The van der Waals surface area contributed by atoms with Crippen LogP contribution in [0.3, 0.4) is 0 Å². The van der Waals surface area contributed by atoms with Crippen LogP contribution in [0.15, 0.2) is 54.6 Å². The zero-order valence-electron chi connectivity index (χ0n) is 35.3. The molecule has 0 aromatic heterocycles. The largest absolute Gasteiger partial charge is 0.530 e. The molecule has 0 unspecified atom stereocenters. The first kappa shape index (κ1) is 46.3. The molecule has 3 N–H and O–H groups in total. The number of rotatable bonds is 30. The van der Waals surface area contributed by atoms with Gasteiger partial charge in [0.1, 0.15) is 34.5 Å². The van der Waals surface area contributed by atoms with Crippen molar-refractivity contribution in [3.05, 3.63) is 71.3 Å². The van der Waals surface area contributed by atoms with Crippen LogP contribution in [-0.2, 0) is 0 Å². The smallest absolute Gasteiger partial charge is 0.508 e. The van der Waals surface area contributed by atoms with Gasteiger partial charge >= 0.3 is 8.60 Å². The average Bonchev–Trinajstić information content (AvgIpc) is 3.14. The van der Waals surface area contributed by atoms with Crippen molar-refractivity contribution in [1.29, 1.82) is 0 Å². The van der Waals surface area contributed by atoms with Crippen LogP contribution < -0.4 is 13.6 Å². The molecular weight excluding hydrogens is 703 g/mol. The van der Waals surface area contributed by atoms with E-state index in [9.17, 15) is 15.3 Å². The number of hydrogen-bond donors (Lipinski definition) is 3. The van der Waals surface area contributed by atoms with Gasteiger partial charge in [-0.1, -0.05) is 157 Å². The molecule has 0 amide bonds. The first-order valence-corrected chi connectivity index (χ1v) is 23.1. The van der Waals surface area contributed by atoms with E-state index in [1.165, 1.54) is 96.3 Å². The van der Waals surface area contributed by atoms with Crippen molar-refractivity contribution in [3.63, 3.8) is 0 Å². The summed E-state index contributed by atoms with van der Waals surface area (Å²) >= 11 is 0. The zero-order valence-corrected chi connectivity index (χ0v) is 36.2. The normalized spacial score (nSPS) is 13.1. The van der Waals surface area contributed by atoms with E-state index in [1.807, 2.05) is 36.4 Å². The maximum Gasteiger partial charge on any atom is 0.530 e. The minimum absolute atomic E-state index is 0.128. The molecule has 3 aromatic rings. The number of phenols is 3. The molecule has 0 saturated carbocycles. The summed E-state index contributed by atoms with van der Waals surface area (Å²) in [6, 6.07) is 16.1. The van der Waals surface area contributed by atoms with Crippen LogP contribution in [0.5, 0.6) is 34.5 Å². The van der Waals surface area contributed by atoms with E-state index < -0.39 is 8.60 Å². The van der Waals surface area contributed by atoms with Crippen molar-refractivity contribution < 1.29 is 28.9 Å². The molecule has 0 bridgehead atoms. The molecule has 3 rings (SSSR count). The van der Waals surface area contributed by atoms with E-state index in [0.717, 1.165) is 55.2 Å². The van der Waals surface area contributed by atoms with Crippen LogP contribution >= 0.6 is 8.60 Å². The highest BCUT2D eigenvalue weighted by atomic mass is 31.2. The standard InChI is InChI=1S/C48H75O6P/c1-7-10-13-16-19-22-25-37(4)40-28-43(49)34-46(31-40)52-55(53-47-32-41(29-44(50)35-47)38(5)26-23-20-17-14-11-8-2)54-48-33-42(30-45(51)36-48)39(6)27-24-21-18-15-12-9-3/h28-39,49-51H,7-27H2,1-6H3/t37-,38-,39+/m0/s1. The highest BCUT2D eigenvalue weighted by Gasteiger charge is 2.24. The second kappa shape index (κ2) is 26.7. The molecule has 7 heteroatoms. The van der Waals surface area contributed by atoms with E-state index in [2.05, 4.69) is 41.5 Å². The minimum atomic E-state index is -2.11. The highest BCUT2D eigenvalue weighted by molar-refractivity contribution is 7.43. The molecule has 308 valence electrons. The van der Waals surface area contributed by atoms with Gasteiger partial charge in [0.15, 0.2) is 0 Å². The topological polar surface area (TPSA) is 88.4 Å². The Labute approximate surface area is 336 Å². The second-order valence-electron chi connectivity index (χ2n) is 16.2. The third-order valence-electron chi connectivity index (χ3n) is 11.0. The SMILES string of the molecule is CCCCCCCC[C@@H](C)c1cc(O)cc(OP(Oc2cc(O)cc([C@@H](C)CCCCCCCC)c2)Oc2cc(O)cc([C@@H](C)CCCCCCCC)c2)c1. The summed E-state index contributed by atoms with van der Waals surface area (Å²) in [6.45, 7) is 13.3. The van der Waals surface area contributed by atoms with Crippen molar-refractivity contribution in [2.45, 2.75) is 194 Å². The molecule has 3 aromatic carbocycles. The predicted octanol–water partition coefficient (Wildman–Crippen LogP) is 16.1. The number of unbranched alkanes of at least 4 members (excludes halogenated alkanes) is 15. The average molecular weight is 779 g/mol. The third-order valence-corrected chi connectivity index (χ3v) is 12.0. The molecule has 0 aliphatic heterocycles. The molecule has 0 saturated heterocycles. The fraction of sp³-hybridized carbons (Fsp3) is 0.625. The third kappa shape index (κ3) is 18.6. The Bertz CT molecular complexity index is 1300. The van der Waals surface area contributed by atoms with Gasteiger partial charge in [-0.2, -0.15) is 0 Å². The fourth-order valence-electron chi connectivity index (χ4n) is 7.34. The molecule has 3 atom stereocenters. The molecule has 0 radical (unpaired) electrons. The summed E-state index contributed by atoms with van der Waals surface area (Å²) in [5.41, 5.74) is 3.01. The summed E-state index contributed by atoms with van der Waals surface area (Å²) < 4.78 is 19.4. The lowest BCUT2D eigenvalue weighted by molar-refractivity contribution is 0.382. The molecule has 0 heterocycles. The Kier molecular flexibility index (Phi) is 22.5. The van der Waals surface area contributed by atoms with Crippen molar-refractivity contribution in [2.24, 2.45) is 0 Å². The number of aromatic hydroxyl groups is 3. The Hall–Kier alpha value is -3.11. The van der Waals surface area contributed by atoms with Crippen molar-refractivity contribution in [1.82, 2.24) is 0 Å². The van der Waals surface area contributed by atoms with Crippen molar-refractivity contribution >= 4 is 8.60 Å². The number of phenolic OH excluding ortho intramolecular Hbond substituents is 3. The predicted molar refractivity (Wildman–Crippen MR) is 232 cm³/mol. The second-order valence-corrected chi connectivity index (χ2v) is 17.1. The molecule has 0 fully saturated rings. The monoisotopic (exact) mass is 779 g/mol. The number of benzene rings is 3. The van der Waals surface area contributed by atoms with E-state index in [0.29, 0.717) is 17.2 Å². The van der Waals surface area contributed by atoms with E-state index in [-0.39, 0.29) is 35.0 Å². The van der Waals surface area contributed by atoms with Crippen LogP contribution in [0, 0.1) is 0 Å². The molecule has 6 nitrogen and oxygen atoms in total. The van der Waals surface area contributed by atoms with Crippen LogP contribution in [0.2, 0.25) is 0 Å². The van der Waals surface area contributed by atoms with E-state index >= 15 is 0 Å². The Morgan fingerprint density at radius 2 is 0.636 bits per heavy atom. The Morgan fingerprint density at radius 1 is 0.382 bits per heavy atom. The van der Waals surface area contributed by atoms with Gasteiger partial charge in [-0.3, -0.25) is 0 Å². The van der Waals surface area contributed by atoms with E-state index in [4.69, 9.17) is 13.6 Å². The summed E-state index contributed by atoms with van der Waals surface area (Å²) in [5.74, 6) is 2.47. The first-order valence-electron chi connectivity index (χ1n) is 22.0. The van der Waals surface area contributed by atoms with Crippen molar-refractivity contribution in [2.75, 3.05) is 0 Å². The summed E-state index contributed by atoms with van der Waals surface area (Å²) in [4.78, 5) is 0.